The molecule has 28 heavy (non-hydrogen) atoms. The lowest BCUT2D eigenvalue weighted by Gasteiger charge is -2.33. The molecular formula is C20H23ClN6O. The Morgan fingerprint density at radius 2 is 2.25 bits per heavy atom. The molecule has 146 valence electrons. The van der Waals surface area contributed by atoms with Crippen LogP contribution in [0.1, 0.15) is 12.8 Å². The number of piperidine rings is 1. The van der Waals surface area contributed by atoms with Crippen LogP contribution < -0.4 is 10.6 Å². The van der Waals surface area contributed by atoms with Crippen LogP contribution in [0, 0.1) is 0 Å². The van der Waals surface area contributed by atoms with Gasteiger partial charge in [0.15, 0.2) is 0 Å². The minimum absolute atomic E-state index is 0.116. The van der Waals surface area contributed by atoms with Crippen LogP contribution in [-0.4, -0.2) is 58.5 Å². The van der Waals surface area contributed by atoms with E-state index in [0.29, 0.717) is 29.8 Å². The summed E-state index contributed by atoms with van der Waals surface area (Å²) >= 11 is 6.40. The molecule has 7 nitrogen and oxygen atoms in total. The largest absolute Gasteiger partial charge is 0.360 e. The van der Waals surface area contributed by atoms with E-state index in [9.17, 15) is 4.79 Å². The Bertz CT molecular complexity index is 988. The second-order valence-corrected chi connectivity index (χ2v) is 7.40. The van der Waals surface area contributed by atoms with Crippen LogP contribution >= 0.6 is 11.6 Å². The van der Waals surface area contributed by atoms with Gasteiger partial charge < -0.3 is 20.5 Å². The van der Waals surface area contributed by atoms with Crippen molar-refractivity contribution in [1.29, 1.82) is 0 Å². The number of fused-ring (bicyclic) bond motifs is 1. The first-order valence-electron chi connectivity index (χ1n) is 9.43. The molecule has 1 fully saturated rings. The number of hydrogen-bond donors (Lipinski definition) is 3. The van der Waals surface area contributed by atoms with Gasteiger partial charge in [-0.2, -0.15) is 0 Å². The van der Waals surface area contributed by atoms with Crippen LogP contribution in [0.4, 0.5) is 5.95 Å². The third kappa shape index (κ3) is 3.81. The number of halogens is 1. The van der Waals surface area contributed by atoms with Crippen LogP contribution in [0.2, 0.25) is 5.02 Å². The number of aromatic nitrogens is 3. The number of nitrogens with one attached hydrogen (secondary N) is 3. The molecule has 1 amide bonds. The molecular weight excluding hydrogens is 376 g/mol. The zero-order valence-electron chi connectivity index (χ0n) is 15.7. The molecule has 3 N–H and O–H groups in total. The average Bonchev–Trinajstić information content (AvgIpc) is 3.14. The summed E-state index contributed by atoms with van der Waals surface area (Å²) in [6.45, 7) is 1.80. The number of carbonyl (C=O) groups is 1. The first-order valence-corrected chi connectivity index (χ1v) is 9.81. The topological polar surface area (TPSA) is 85.9 Å². The van der Waals surface area contributed by atoms with Gasteiger partial charge in [-0.25, -0.2) is 9.97 Å². The van der Waals surface area contributed by atoms with Crippen molar-refractivity contribution in [3.05, 3.63) is 41.7 Å². The SMILES string of the molecule is CNCC(=O)N1CCCC(Nc2ncc(Cl)c(-c3c[nH]c4ccccc34)n2)C1. The van der Waals surface area contributed by atoms with Crippen molar-refractivity contribution < 1.29 is 4.79 Å². The summed E-state index contributed by atoms with van der Waals surface area (Å²) < 4.78 is 0. The highest BCUT2D eigenvalue weighted by atomic mass is 35.5. The number of H-pyrrole nitrogens is 1. The van der Waals surface area contributed by atoms with Crippen molar-refractivity contribution in [2.24, 2.45) is 0 Å². The van der Waals surface area contributed by atoms with E-state index in [1.165, 1.54) is 0 Å². The van der Waals surface area contributed by atoms with Crippen LogP contribution in [0.3, 0.4) is 0 Å². The van der Waals surface area contributed by atoms with Crippen molar-refractivity contribution in [3.63, 3.8) is 0 Å². The van der Waals surface area contributed by atoms with Gasteiger partial charge in [0.1, 0.15) is 0 Å². The Morgan fingerprint density at radius 1 is 1.39 bits per heavy atom. The van der Waals surface area contributed by atoms with Crippen molar-refractivity contribution in [1.82, 2.24) is 25.2 Å². The molecule has 0 radical (unpaired) electrons. The highest BCUT2D eigenvalue weighted by molar-refractivity contribution is 6.33. The lowest BCUT2D eigenvalue weighted by molar-refractivity contribution is -0.131. The Labute approximate surface area is 168 Å². The van der Waals surface area contributed by atoms with Crippen molar-refractivity contribution in [2.75, 3.05) is 32.0 Å². The molecule has 1 saturated heterocycles. The van der Waals surface area contributed by atoms with E-state index in [1.54, 1.807) is 13.2 Å². The van der Waals surface area contributed by atoms with E-state index >= 15 is 0 Å². The van der Waals surface area contributed by atoms with Gasteiger partial charge in [-0.3, -0.25) is 4.79 Å². The first-order chi connectivity index (χ1) is 13.7. The second kappa shape index (κ2) is 8.16. The van der Waals surface area contributed by atoms with Gasteiger partial charge in [0.05, 0.1) is 23.5 Å². The molecule has 1 aliphatic rings. The minimum atomic E-state index is 0.116. The molecule has 0 saturated carbocycles. The van der Waals surface area contributed by atoms with E-state index in [-0.39, 0.29) is 11.9 Å². The van der Waals surface area contributed by atoms with Crippen molar-refractivity contribution in [3.8, 4) is 11.3 Å². The molecule has 1 aromatic carbocycles. The summed E-state index contributed by atoms with van der Waals surface area (Å²) in [7, 11) is 1.78. The maximum absolute atomic E-state index is 12.2. The van der Waals surface area contributed by atoms with Crippen LogP contribution in [0.5, 0.6) is 0 Å². The van der Waals surface area contributed by atoms with Crippen LogP contribution in [-0.2, 0) is 4.79 Å². The number of hydrogen-bond acceptors (Lipinski definition) is 5. The fraction of sp³-hybridized carbons (Fsp3) is 0.350. The summed E-state index contributed by atoms with van der Waals surface area (Å²) in [5, 5.41) is 7.87. The number of para-hydroxylation sites is 1. The molecule has 3 aromatic rings. The summed E-state index contributed by atoms with van der Waals surface area (Å²) in [6.07, 6.45) is 5.47. The normalized spacial score (nSPS) is 17.1. The number of likely N-dealkylation sites (N-methyl/N-ethyl adjacent to an activating group) is 1. The molecule has 1 unspecified atom stereocenters. The quantitative estimate of drug-likeness (QED) is 0.615. The van der Waals surface area contributed by atoms with E-state index in [4.69, 9.17) is 11.6 Å². The summed E-state index contributed by atoms with van der Waals surface area (Å²) in [5.41, 5.74) is 2.67. The molecule has 0 bridgehead atoms. The standard InChI is InChI=1S/C20H23ClN6O/c1-22-11-18(28)27-8-4-5-13(12-27)25-20-24-10-16(21)19(26-20)15-9-23-17-7-3-2-6-14(15)17/h2-3,6-7,9-10,13,22-23H,4-5,8,11-12H2,1H3,(H,24,25,26). The van der Waals surface area contributed by atoms with Gasteiger partial charge in [0, 0.05) is 41.8 Å². The monoisotopic (exact) mass is 398 g/mol. The Hall–Kier alpha value is -2.64. The molecule has 1 atom stereocenters. The van der Waals surface area contributed by atoms with Crippen LogP contribution in [0.15, 0.2) is 36.7 Å². The molecule has 1 aliphatic heterocycles. The lowest BCUT2D eigenvalue weighted by atomic mass is 10.1. The summed E-state index contributed by atoms with van der Waals surface area (Å²) in [4.78, 5) is 26.3. The summed E-state index contributed by atoms with van der Waals surface area (Å²) in [5.74, 6) is 0.642. The Morgan fingerprint density at radius 3 is 3.11 bits per heavy atom. The molecule has 3 heterocycles. The van der Waals surface area contributed by atoms with Gasteiger partial charge in [-0.15, -0.1) is 0 Å². The number of carbonyl (C=O) groups excluding carboxylic acids is 1. The number of anilines is 1. The van der Waals surface area contributed by atoms with Gasteiger partial charge in [0.2, 0.25) is 11.9 Å². The number of rotatable bonds is 5. The molecule has 2 aromatic heterocycles. The van der Waals surface area contributed by atoms with Gasteiger partial charge in [0.25, 0.3) is 0 Å². The van der Waals surface area contributed by atoms with E-state index in [1.807, 2.05) is 35.4 Å². The molecule has 0 aliphatic carbocycles. The molecule has 8 heteroatoms. The minimum Gasteiger partial charge on any atom is -0.360 e. The Kier molecular flexibility index (Phi) is 5.45. The number of amides is 1. The zero-order valence-corrected chi connectivity index (χ0v) is 16.5. The highest BCUT2D eigenvalue weighted by Gasteiger charge is 2.24. The first kappa shape index (κ1) is 18.7. The third-order valence-corrected chi connectivity index (χ3v) is 5.30. The van der Waals surface area contributed by atoms with Gasteiger partial charge in [-0.1, -0.05) is 29.8 Å². The fourth-order valence-electron chi connectivity index (χ4n) is 3.66. The lowest BCUT2D eigenvalue weighted by Crippen LogP contribution is -2.47. The van der Waals surface area contributed by atoms with Gasteiger partial charge in [-0.05, 0) is 26.0 Å². The Balaban J connectivity index is 1.55. The maximum atomic E-state index is 12.2. The fourth-order valence-corrected chi connectivity index (χ4v) is 3.85. The number of likely N-dealkylation sites (tertiary alicyclic amines) is 1. The number of benzene rings is 1. The van der Waals surface area contributed by atoms with Crippen LogP contribution in [0.25, 0.3) is 22.2 Å². The van der Waals surface area contributed by atoms with E-state index in [0.717, 1.165) is 35.9 Å². The van der Waals surface area contributed by atoms with Gasteiger partial charge >= 0.3 is 0 Å². The number of nitrogens with zero attached hydrogens (tertiary/aromatic N) is 3. The predicted molar refractivity (Wildman–Crippen MR) is 111 cm³/mol. The highest BCUT2D eigenvalue weighted by Crippen LogP contribution is 2.32. The molecule has 4 rings (SSSR count). The average molecular weight is 399 g/mol. The van der Waals surface area contributed by atoms with E-state index in [2.05, 4.69) is 25.6 Å². The predicted octanol–water partition coefficient (Wildman–Crippen LogP) is 2.90. The van der Waals surface area contributed by atoms with E-state index < -0.39 is 0 Å². The second-order valence-electron chi connectivity index (χ2n) is 6.99. The zero-order chi connectivity index (χ0) is 19.5. The third-order valence-electron chi connectivity index (χ3n) is 5.02. The summed E-state index contributed by atoms with van der Waals surface area (Å²) in [6, 6.07) is 8.16. The van der Waals surface area contributed by atoms with Crippen molar-refractivity contribution >= 4 is 34.4 Å². The maximum Gasteiger partial charge on any atom is 0.236 e. The number of aromatic amines is 1. The van der Waals surface area contributed by atoms with Crippen molar-refractivity contribution in [2.45, 2.75) is 18.9 Å². The molecule has 0 spiro atoms. The smallest absolute Gasteiger partial charge is 0.236 e.